The molecule has 0 saturated carbocycles. The molecule has 0 aliphatic rings. The lowest BCUT2D eigenvalue weighted by molar-refractivity contribution is 0.0319. The van der Waals surface area contributed by atoms with Gasteiger partial charge in [0.1, 0.15) is 0 Å². The molecule has 1 rings (SSSR count). The Kier molecular flexibility index (Phi) is 6.65. The molecule has 0 radical (unpaired) electrons. The summed E-state index contributed by atoms with van der Waals surface area (Å²) in [4.78, 5) is 4.15. The van der Waals surface area contributed by atoms with Gasteiger partial charge in [-0.1, -0.05) is 6.92 Å². The van der Waals surface area contributed by atoms with Crippen molar-refractivity contribution in [2.75, 3.05) is 6.61 Å². The molecule has 3 N–H and O–H groups in total. The molecule has 2 unspecified atom stereocenters. The highest BCUT2D eigenvalue weighted by atomic mass is 79.9. The SMILES string of the molecule is CCOC(CC)C(Cc1cncc(Br)c1)NN. The number of hydrogen-bond donors (Lipinski definition) is 2. The van der Waals surface area contributed by atoms with Crippen molar-refractivity contribution in [2.24, 2.45) is 5.84 Å². The van der Waals surface area contributed by atoms with Crippen molar-refractivity contribution in [2.45, 2.75) is 38.8 Å². The summed E-state index contributed by atoms with van der Waals surface area (Å²) in [6.07, 6.45) is 5.50. The van der Waals surface area contributed by atoms with Gasteiger partial charge >= 0.3 is 0 Å². The molecule has 17 heavy (non-hydrogen) atoms. The second-order valence-electron chi connectivity index (χ2n) is 3.89. The second-order valence-corrected chi connectivity index (χ2v) is 4.81. The minimum atomic E-state index is 0.107. The lowest BCUT2D eigenvalue weighted by Gasteiger charge is -2.25. The van der Waals surface area contributed by atoms with E-state index >= 15 is 0 Å². The molecule has 4 nitrogen and oxygen atoms in total. The van der Waals surface area contributed by atoms with Crippen LogP contribution in [0.25, 0.3) is 0 Å². The van der Waals surface area contributed by atoms with Crippen molar-refractivity contribution in [3.63, 3.8) is 0 Å². The van der Waals surface area contributed by atoms with E-state index in [9.17, 15) is 0 Å². The molecular weight excluding hydrogens is 282 g/mol. The van der Waals surface area contributed by atoms with Crippen molar-refractivity contribution in [1.29, 1.82) is 0 Å². The van der Waals surface area contributed by atoms with Crippen molar-refractivity contribution >= 4 is 15.9 Å². The van der Waals surface area contributed by atoms with Crippen LogP contribution in [0.4, 0.5) is 0 Å². The van der Waals surface area contributed by atoms with Gasteiger partial charge in [-0.05, 0) is 47.3 Å². The van der Waals surface area contributed by atoms with Gasteiger partial charge in [0.2, 0.25) is 0 Å². The highest BCUT2D eigenvalue weighted by Crippen LogP contribution is 2.14. The second kappa shape index (κ2) is 7.76. The molecule has 0 fully saturated rings. The van der Waals surface area contributed by atoms with Crippen LogP contribution in [-0.2, 0) is 11.2 Å². The number of nitrogens with one attached hydrogen (secondary N) is 1. The number of hydrogen-bond acceptors (Lipinski definition) is 4. The third kappa shape index (κ3) is 4.71. The summed E-state index contributed by atoms with van der Waals surface area (Å²) in [5.41, 5.74) is 3.98. The zero-order chi connectivity index (χ0) is 12.7. The van der Waals surface area contributed by atoms with E-state index in [0.29, 0.717) is 6.61 Å². The molecule has 1 aromatic heterocycles. The molecule has 0 bridgehead atoms. The van der Waals surface area contributed by atoms with Crippen LogP contribution in [0.2, 0.25) is 0 Å². The number of halogens is 1. The summed E-state index contributed by atoms with van der Waals surface area (Å²) >= 11 is 3.41. The molecular formula is C12H20BrN3O. The van der Waals surface area contributed by atoms with Crippen LogP contribution in [0.5, 0.6) is 0 Å². The third-order valence-electron chi connectivity index (χ3n) is 2.66. The van der Waals surface area contributed by atoms with E-state index in [-0.39, 0.29) is 12.1 Å². The number of rotatable bonds is 7. The first-order chi connectivity index (χ1) is 8.21. The number of hydrazine groups is 1. The zero-order valence-corrected chi connectivity index (χ0v) is 11.9. The smallest absolute Gasteiger partial charge is 0.0741 e. The minimum Gasteiger partial charge on any atom is -0.377 e. The van der Waals surface area contributed by atoms with E-state index in [1.54, 1.807) is 6.20 Å². The van der Waals surface area contributed by atoms with Gasteiger partial charge in [-0.25, -0.2) is 0 Å². The maximum absolute atomic E-state index is 5.67. The number of nitrogens with zero attached hydrogens (tertiary/aromatic N) is 1. The van der Waals surface area contributed by atoms with Crippen LogP contribution in [-0.4, -0.2) is 23.7 Å². The number of ether oxygens (including phenoxy) is 1. The molecule has 0 spiro atoms. The largest absolute Gasteiger partial charge is 0.377 e. The van der Waals surface area contributed by atoms with Gasteiger partial charge in [-0.2, -0.15) is 0 Å². The Hall–Kier alpha value is -0.490. The standard InChI is InChI=1S/C12H20BrN3O/c1-3-12(17-4-2)11(16-14)6-9-5-10(13)8-15-7-9/h5,7-8,11-12,16H,3-4,6,14H2,1-2H3. The Morgan fingerprint density at radius 3 is 2.76 bits per heavy atom. The molecule has 2 atom stereocenters. The first kappa shape index (κ1) is 14.6. The van der Waals surface area contributed by atoms with Crippen molar-refractivity contribution in [3.05, 3.63) is 28.5 Å². The molecule has 1 aromatic rings. The van der Waals surface area contributed by atoms with Gasteiger partial charge in [0.25, 0.3) is 0 Å². The van der Waals surface area contributed by atoms with Gasteiger partial charge in [0.15, 0.2) is 0 Å². The van der Waals surface area contributed by atoms with E-state index in [0.717, 1.165) is 22.9 Å². The van der Waals surface area contributed by atoms with Crippen molar-refractivity contribution < 1.29 is 4.74 Å². The fourth-order valence-corrected chi connectivity index (χ4v) is 2.26. The fraction of sp³-hybridized carbons (Fsp3) is 0.583. The van der Waals surface area contributed by atoms with Gasteiger partial charge in [-0.15, -0.1) is 0 Å². The van der Waals surface area contributed by atoms with Crippen molar-refractivity contribution in [1.82, 2.24) is 10.4 Å². The van der Waals surface area contributed by atoms with Crippen LogP contribution in [0.15, 0.2) is 22.9 Å². The van der Waals surface area contributed by atoms with Gasteiger partial charge in [0.05, 0.1) is 12.1 Å². The van der Waals surface area contributed by atoms with Crippen LogP contribution in [0.1, 0.15) is 25.8 Å². The quantitative estimate of drug-likeness (QED) is 0.598. The number of aromatic nitrogens is 1. The minimum absolute atomic E-state index is 0.107. The van der Waals surface area contributed by atoms with Gasteiger partial charge in [-0.3, -0.25) is 16.3 Å². The molecule has 0 aliphatic heterocycles. The highest BCUT2D eigenvalue weighted by molar-refractivity contribution is 9.10. The monoisotopic (exact) mass is 301 g/mol. The van der Waals surface area contributed by atoms with Crippen LogP contribution in [0.3, 0.4) is 0 Å². The Morgan fingerprint density at radius 1 is 1.47 bits per heavy atom. The normalized spacial score (nSPS) is 14.6. The molecule has 0 aromatic carbocycles. The predicted octanol–water partition coefficient (Wildman–Crippen LogP) is 2.03. The first-order valence-electron chi connectivity index (χ1n) is 5.88. The van der Waals surface area contributed by atoms with Crippen LogP contribution >= 0.6 is 15.9 Å². The molecule has 0 saturated heterocycles. The lowest BCUT2D eigenvalue weighted by Crippen LogP contribution is -2.46. The summed E-state index contributed by atoms with van der Waals surface area (Å²) < 4.78 is 6.65. The van der Waals surface area contributed by atoms with E-state index in [4.69, 9.17) is 10.6 Å². The first-order valence-corrected chi connectivity index (χ1v) is 6.67. The Morgan fingerprint density at radius 2 is 2.24 bits per heavy atom. The van der Waals surface area contributed by atoms with Crippen LogP contribution in [0, 0.1) is 0 Å². The van der Waals surface area contributed by atoms with E-state index in [1.165, 1.54) is 0 Å². The lowest BCUT2D eigenvalue weighted by atomic mass is 10.0. The molecule has 0 aliphatic carbocycles. The summed E-state index contributed by atoms with van der Waals surface area (Å²) in [6.45, 7) is 4.80. The summed E-state index contributed by atoms with van der Waals surface area (Å²) in [5, 5.41) is 0. The average molecular weight is 302 g/mol. The summed E-state index contributed by atoms with van der Waals surface area (Å²) in [7, 11) is 0. The maximum Gasteiger partial charge on any atom is 0.0741 e. The van der Waals surface area contributed by atoms with Gasteiger partial charge < -0.3 is 4.74 Å². The maximum atomic E-state index is 5.67. The highest BCUT2D eigenvalue weighted by Gasteiger charge is 2.19. The molecule has 1 heterocycles. The van der Waals surface area contributed by atoms with E-state index < -0.39 is 0 Å². The summed E-state index contributed by atoms with van der Waals surface area (Å²) in [5.74, 6) is 5.60. The number of nitrogens with two attached hydrogens (primary N) is 1. The topological polar surface area (TPSA) is 60.2 Å². The van der Waals surface area contributed by atoms with Gasteiger partial charge in [0, 0.05) is 23.5 Å². The average Bonchev–Trinajstić information content (AvgIpc) is 2.33. The predicted molar refractivity (Wildman–Crippen MR) is 72.5 cm³/mol. The summed E-state index contributed by atoms with van der Waals surface area (Å²) in [6, 6.07) is 2.16. The van der Waals surface area contributed by atoms with Crippen LogP contribution < -0.4 is 11.3 Å². The number of pyridine rings is 1. The van der Waals surface area contributed by atoms with Crippen molar-refractivity contribution in [3.8, 4) is 0 Å². The fourth-order valence-electron chi connectivity index (χ4n) is 1.85. The Bertz CT molecular complexity index is 335. The molecule has 5 heteroatoms. The molecule has 96 valence electrons. The zero-order valence-electron chi connectivity index (χ0n) is 10.3. The van der Waals surface area contributed by atoms with E-state index in [2.05, 4.69) is 39.3 Å². The molecule has 0 amide bonds. The Balaban J connectivity index is 2.68. The van der Waals surface area contributed by atoms with E-state index in [1.807, 2.05) is 13.1 Å². The third-order valence-corrected chi connectivity index (χ3v) is 3.10. The Labute approximate surface area is 111 Å².